The van der Waals surface area contributed by atoms with Crippen LogP contribution < -0.4 is 10.1 Å². The Bertz CT molecular complexity index is 1040. The zero-order valence-electron chi connectivity index (χ0n) is 14.9. The van der Waals surface area contributed by atoms with Crippen molar-refractivity contribution in [3.05, 3.63) is 82.3 Å². The number of carbonyl (C=O) groups is 1. The number of carbonyl (C=O) groups excluding carboxylic acids is 1. The molecule has 8 heteroatoms. The summed E-state index contributed by atoms with van der Waals surface area (Å²) in [6.45, 7) is 0. The monoisotopic (exact) mass is 381 g/mol. The smallest absolute Gasteiger partial charge is 0.280 e. The number of benzene rings is 2. The van der Waals surface area contributed by atoms with Gasteiger partial charge in [0, 0.05) is 6.20 Å². The van der Waals surface area contributed by atoms with Crippen LogP contribution in [0.25, 0.3) is 11.1 Å². The lowest BCUT2D eigenvalue weighted by Gasteiger charge is -2.08. The molecule has 1 N–H and O–H groups in total. The largest absolute Gasteiger partial charge is 0.497 e. The minimum atomic E-state index is -0.500. The molecule has 0 aliphatic rings. The summed E-state index contributed by atoms with van der Waals surface area (Å²) in [6, 6.07) is 13.4. The van der Waals surface area contributed by atoms with Crippen LogP contribution in [0.15, 0.2) is 60.8 Å². The highest BCUT2D eigenvalue weighted by molar-refractivity contribution is 5.92. The van der Waals surface area contributed by atoms with E-state index < -0.39 is 10.7 Å². The molecule has 0 fully saturated rings. The van der Waals surface area contributed by atoms with E-state index in [1.54, 1.807) is 24.3 Å². The molecule has 3 aromatic rings. The quantitative estimate of drug-likeness (QED) is 0.515. The topological polar surface area (TPSA) is 94.4 Å². The number of nitro groups is 1. The van der Waals surface area contributed by atoms with E-state index in [9.17, 15) is 19.3 Å². The Morgan fingerprint density at radius 3 is 2.75 bits per heavy atom. The van der Waals surface area contributed by atoms with Gasteiger partial charge < -0.3 is 10.1 Å². The Hall–Kier alpha value is -3.81. The van der Waals surface area contributed by atoms with Crippen LogP contribution in [0.4, 0.5) is 15.9 Å². The van der Waals surface area contributed by atoms with E-state index in [1.807, 2.05) is 0 Å². The maximum absolute atomic E-state index is 13.2. The highest BCUT2D eigenvalue weighted by Gasteiger charge is 2.17. The number of halogens is 1. The molecule has 1 amide bonds. The standard InChI is InChI=1S/C20H16FN3O4/c1-28-16-5-6-17(18(12-16)24(26)27)14-7-8-22-19(11-14)23-20(25)10-13-3-2-4-15(21)9-13/h2-9,11-12H,10H2,1H3,(H,22,23,25). The van der Waals surface area contributed by atoms with Crippen molar-refractivity contribution >= 4 is 17.4 Å². The van der Waals surface area contributed by atoms with Gasteiger partial charge in [-0.1, -0.05) is 12.1 Å². The fraction of sp³-hybridized carbons (Fsp3) is 0.100. The first-order chi connectivity index (χ1) is 13.5. The molecule has 0 radical (unpaired) electrons. The summed E-state index contributed by atoms with van der Waals surface area (Å²) in [5.41, 5.74) is 1.29. The number of nitro benzene ring substituents is 1. The Balaban J connectivity index is 1.83. The third-order valence-electron chi connectivity index (χ3n) is 3.99. The first-order valence-corrected chi connectivity index (χ1v) is 8.29. The molecule has 7 nitrogen and oxygen atoms in total. The zero-order chi connectivity index (χ0) is 20.1. The maximum Gasteiger partial charge on any atom is 0.280 e. The van der Waals surface area contributed by atoms with Gasteiger partial charge in [-0.3, -0.25) is 14.9 Å². The second-order valence-electron chi connectivity index (χ2n) is 5.92. The average molecular weight is 381 g/mol. The minimum absolute atomic E-state index is 0.0215. The minimum Gasteiger partial charge on any atom is -0.497 e. The normalized spacial score (nSPS) is 10.4. The van der Waals surface area contributed by atoms with Crippen molar-refractivity contribution in [3.63, 3.8) is 0 Å². The second kappa shape index (κ2) is 8.26. The number of ether oxygens (including phenoxy) is 1. The lowest BCUT2D eigenvalue weighted by Crippen LogP contribution is -2.15. The van der Waals surface area contributed by atoms with Crippen LogP contribution in [0.5, 0.6) is 5.75 Å². The number of pyridine rings is 1. The first kappa shape index (κ1) is 19.0. The van der Waals surface area contributed by atoms with Gasteiger partial charge in [0.1, 0.15) is 17.4 Å². The van der Waals surface area contributed by atoms with Gasteiger partial charge in [0.2, 0.25) is 5.91 Å². The molecular formula is C20H16FN3O4. The van der Waals surface area contributed by atoms with E-state index in [-0.39, 0.29) is 23.8 Å². The molecule has 0 aliphatic carbocycles. The van der Waals surface area contributed by atoms with Crippen LogP contribution in [0.1, 0.15) is 5.56 Å². The van der Waals surface area contributed by atoms with Gasteiger partial charge in [-0.2, -0.15) is 0 Å². The van der Waals surface area contributed by atoms with Crippen molar-refractivity contribution in [2.45, 2.75) is 6.42 Å². The van der Waals surface area contributed by atoms with Gasteiger partial charge in [0.25, 0.3) is 5.69 Å². The molecule has 0 aliphatic heterocycles. The number of amides is 1. The maximum atomic E-state index is 13.2. The molecule has 1 heterocycles. The number of anilines is 1. The number of nitrogens with zero attached hydrogens (tertiary/aromatic N) is 2. The highest BCUT2D eigenvalue weighted by atomic mass is 19.1. The Labute approximate surface area is 160 Å². The number of hydrogen-bond acceptors (Lipinski definition) is 5. The fourth-order valence-corrected chi connectivity index (χ4v) is 2.72. The van der Waals surface area contributed by atoms with Crippen molar-refractivity contribution < 1.29 is 18.8 Å². The van der Waals surface area contributed by atoms with Crippen LogP contribution >= 0.6 is 0 Å². The fourth-order valence-electron chi connectivity index (χ4n) is 2.72. The Morgan fingerprint density at radius 2 is 2.04 bits per heavy atom. The van der Waals surface area contributed by atoms with E-state index in [0.29, 0.717) is 22.4 Å². The third kappa shape index (κ3) is 4.47. The molecule has 2 aromatic carbocycles. The van der Waals surface area contributed by atoms with Crippen LogP contribution in [0.3, 0.4) is 0 Å². The predicted octanol–water partition coefficient (Wildman–Crippen LogP) is 3.99. The summed E-state index contributed by atoms with van der Waals surface area (Å²) < 4.78 is 18.3. The van der Waals surface area contributed by atoms with Crippen molar-refractivity contribution in [2.75, 3.05) is 12.4 Å². The van der Waals surface area contributed by atoms with Gasteiger partial charge in [-0.25, -0.2) is 9.37 Å². The van der Waals surface area contributed by atoms with Crippen LogP contribution in [-0.2, 0) is 11.2 Å². The molecule has 0 unspecified atom stereocenters. The number of hydrogen-bond donors (Lipinski definition) is 1. The summed E-state index contributed by atoms with van der Waals surface area (Å²) in [7, 11) is 1.43. The lowest BCUT2D eigenvalue weighted by molar-refractivity contribution is -0.384. The van der Waals surface area contributed by atoms with E-state index in [2.05, 4.69) is 10.3 Å². The van der Waals surface area contributed by atoms with E-state index in [4.69, 9.17) is 4.74 Å². The number of nitrogens with one attached hydrogen (secondary N) is 1. The van der Waals surface area contributed by atoms with Gasteiger partial charge in [0.15, 0.2) is 0 Å². The number of aromatic nitrogens is 1. The van der Waals surface area contributed by atoms with Gasteiger partial charge in [-0.15, -0.1) is 0 Å². The predicted molar refractivity (Wildman–Crippen MR) is 102 cm³/mol. The van der Waals surface area contributed by atoms with E-state index >= 15 is 0 Å². The SMILES string of the molecule is COc1ccc(-c2ccnc(NC(=O)Cc3cccc(F)c3)c2)c([N+](=O)[O-])c1. The number of methoxy groups -OCH3 is 1. The Morgan fingerprint density at radius 1 is 1.21 bits per heavy atom. The zero-order valence-corrected chi connectivity index (χ0v) is 14.9. The first-order valence-electron chi connectivity index (χ1n) is 8.29. The number of rotatable bonds is 6. The summed E-state index contributed by atoms with van der Waals surface area (Å²) in [5, 5.41) is 14.0. The molecule has 0 spiro atoms. The Kier molecular flexibility index (Phi) is 5.59. The van der Waals surface area contributed by atoms with Crippen LogP contribution in [-0.4, -0.2) is 22.9 Å². The third-order valence-corrected chi connectivity index (χ3v) is 3.99. The summed E-state index contributed by atoms with van der Waals surface area (Å²) in [6.07, 6.45) is 1.42. The molecule has 0 bridgehead atoms. The molecule has 1 aromatic heterocycles. The lowest BCUT2D eigenvalue weighted by atomic mass is 10.0. The van der Waals surface area contributed by atoms with Crippen molar-refractivity contribution in [2.24, 2.45) is 0 Å². The second-order valence-corrected chi connectivity index (χ2v) is 5.92. The molecule has 0 saturated heterocycles. The summed E-state index contributed by atoms with van der Waals surface area (Å²) in [4.78, 5) is 27.2. The summed E-state index contributed by atoms with van der Waals surface area (Å²) in [5.74, 6) is -0.186. The average Bonchev–Trinajstić information content (AvgIpc) is 2.67. The van der Waals surface area contributed by atoms with Crippen molar-refractivity contribution in [3.8, 4) is 16.9 Å². The highest BCUT2D eigenvalue weighted by Crippen LogP contribution is 2.33. The molecular weight excluding hydrogens is 365 g/mol. The van der Waals surface area contributed by atoms with Gasteiger partial charge in [-0.05, 0) is 47.5 Å². The van der Waals surface area contributed by atoms with Gasteiger partial charge >= 0.3 is 0 Å². The molecule has 0 atom stereocenters. The van der Waals surface area contributed by atoms with E-state index in [1.165, 1.54) is 43.6 Å². The molecule has 3 rings (SSSR count). The van der Waals surface area contributed by atoms with Crippen LogP contribution in [0.2, 0.25) is 0 Å². The van der Waals surface area contributed by atoms with Gasteiger partial charge in [0.05, 0.1) is 30.1 Å². The van der Waals surface area contributed by atoms with Crippen molar-refractivity contribution in [1.82, 2.24) is 4.98 Å². The van der Waals surface area contributed by atoms with Crippen molar-refractivity contribution in [1.29, 1.82) is 0 Å². The molecule has 0 saturated carbocycles. The van der Waals surface area contributed by atoms with E-state index in [0.717, 1.165) is 0 Å². The molecule has 28 heavy (non-hydrogen) atoms. The summed E-state index contributed by atoms with van der Waals surface area (Å²) >= 11 is 0. The van der Waals surface area contributed by atoms with Crippen LogP contribution in [0, 0.1) is 15.9 Å². The molecule has 142 valence electrons.